The Bertz CT molecular complexity index is 640. The van der Waals surface area contributed by atoms with Crippen molar-refractivity contribution in [2.45, 2.75) is 31.8 Å². The number of aryl methyl sites for hydroxylation is 1. The van der Waals surface area contributed by atoms with E-state index in [2.05, 4.69) is 66.6 Å². The number of nitrogens with zero attached hydrogens (tertiary/aromatic N) is 3. The van der Waals surface area contributed by atoms with E-state index < -0.39 is 0 Å². The van der Waals surface area contributed by atoms with Crippen LogP contribution in [0, 0.1) is 6.92 Å². The van der Waals surface area contributed by atoms with Gasteiger partial charge in [0.15, 0.2) is 5.96 Å². The van der Waals surface area contributed by atoms with E-state index in [-0.39, 0.29) is 24.0 Å². The van der Waals surface area contributed by atoms with Crippen LogP contribution >= 0.6 is 47.1 Å². The summed E-state index contributed by atoms with van der Waals surface area (Å²) in [6.45, 7) is 6.46. The van der Waals surface area contributed by atoms with E-state index in [9.17, 15) is 0 Å². The Labute approximate surface area is 170 Å². The number of aliphatic imine (C=N–C) groups is 1. The molecule has 1 heterocycles. The zero-order valence-electron chi connectivity index (χ0n) is 14.6. The van der Waals surface area contributed by atoms with Crippen molar-refractivity contribution >= 4 is 53.0 Å². The van der Waals surface area contributed by atoms with Gasteiger partial charge in [-0.1, -0.05) is 12.1 Å². The van der Waals surface area contributed by atoms with Gasteiger partial charge in [0.25, 0.3) is 0 Å². The first kappa shape index (κ1) is 21.2. The van der Waals surface area contributed by atoms with E-state index >= 15 is 0 Å². The molecule has 0 atom stereocenters. The van der Waals surface area contributed by atoms with Crippen LogP contribution in [0.2, 0.25) is 0 Å². The largest absolute Gasteiger partial charge is 0.357 e. The van der Waals surface area contributed by atoms with Gasteiger partial charge < -0.3 is 10.2 Å². The molecule has 2 rings (SSSR count). The highest BCUT2D eigenvalue weighted by molar-refractivity contribution is 14.0. The predicted molar refractivity (Wildman–Crippen MR) is 117 cm³/mol. The van der Waals surface area contributed by atoms with Crippen LogP contribution in [-0.2, 0) is 13.1 Å². The van der Waals surface area contributed by atoms with Crippen LogP contribution in [0.1, 0.15) is 22.4 Å². The van der Waals surface area contributed by atoms with Crippen LogP contribution in [0.5, 0.6) is 0 Å². The number of guanidine groups is 1. The molecule has 0 bridgehead atoms. The molecule has 1 N–H and O–H groups in total. The molecule has 0 amide bonds. The summed E-state index contributed by atoms with van der Waals surface area (Å²) in [5, 5.41) is 4.40. The van der Waals surface area contributed by atoms with Gasteiger partial charge in [0.1, 0.15) is 5.01 Å². The maximum atomic E-state index is 4.70. The van der Waals surface area contributed by atoms with Gasteiger partial charge in [-0.2, -0.15) is 0 Å². The highest BCUT2D eigenvalue weighted by Gasteiger charge is 2.07. The van der Waals surface area contributed by atoms with Gasteiger partial charge in [-0.3, -0.25) is 0 Å². The molecular formula is C17H25IN4S2. The van der Waals surface area contributed by atoms with E-state index in [4.69, 9.17) is 4.99 Å². The highest BCUT2D eigenvalue weighted by atomic mass is 127. The van der Waals surface area contributed by atoms with Gasteiger partial charge in [-0.05, 0) is 37.8 Å². The van der Waals surface area contributed by atoms with Crippen LogP contribution in [0.3, 0.4) is 0 Å². The normalized spacial score (nSPS) is 11.1. The summed E-state index contributed by atoms with van der Waals surface area (Å²) in [6.07, 6.45) is 4.00. The fraction of sp³-hybridized carbons (Fsp3) is 0.412. The zero-order chi connectivity index (χ0) is 16.7. The van der Waals surface area contributed by atoms with E-state index in [1.807, 2.05) is 6.20 Å². The third-order valence-corrected chi connectivity index (χ3v) is 4.95. The van der Waals surface area contributed by atoms with Crippen molar-refractivity contribution in [2.24, 2.45) is 4.99 Å². The fourth-order valence-corrected chi connectivity index (χ4v) is 3.29. The van der Waals surface area contributed by atoms with Gasteiger partial charge in [-0.15, -0.1) is 47.1 Å². The molecule has 0 saturated carbocycles. The highest BCUT2D eigenvalue weighted by Crippen LogP contribution is 2.16. The number of halogens is 1. The molecule has 0 fully saturated rings. The molecule has 0 saturated heterocycles. The number of rotatable bonds is 6. The first-order valence-corrected chi connectivity index (χ1v) is 9.70. The van der Waals surface area contributed by atoms with Crippen molar-refractivity contribution in [2.75, 3.05) is 19.8 Å². The summed E-state index contributed by atoms with van der Waals surface area (Å²) in [7, 11) is 2.07. The Morgan fingerprint density at radius 3 is 2.58 bits per heavy atom. The number of aromatic nitrogens is 1. The van der Waals surface area contributed by atoms with Crippen LogP contribution in [0.25, 0.3) is 0 Å². The van der Waals surface area contributed by atoms with Crippen LogP contribution < -0.4 is 5.32 Å². The van der Waals surface area contributed by atoms with Crippen molar-refractivity contribution in [1.82, 2.24) is 15.2 Å². The van der Waals surface area contributed by atoms with Crippen molar-refractivity contribution in [1.29, 1.82) is 0 Å². The molecule has 2 aromatic rings. The first-order chi connectivity index (χ1) is 11.1. The molecule has 1 aromatic carbocycles. The third-order valence-electron chi connectivity index (χ3n) is 3.31. The van der Waals surface area contributed by atoms with Gasteiger partial charge >= 0.3 is 0 Å². The minimum atomic E-state index is 0. The molecule has 0 radical (unpaired) electrons. The summed E-state index contributed by atoms with van der Waals surface area (Å²) in [5.74, 6) is 0.911. The van der Waals surface area contributed by atoms with Gasteiger partial charge in [0.2, 0.25) is 0 Å². The third kappa shape index (κ3) is 6.60. The summed E-state index contributed by atoms with van der Waals surface area (Å²) >= 11 is 3.46. The molecule has 132 valence electrons. The Morgan fingerprint density at radius 2 is 2.04 bits per heavy atom. The molecule has 0 aliphatic carbocycles. The van der Waals surface area contributed by atoms with Crippen LogP contribution in [0.4, 0.5) is 0 Å². The fourth-order valence-electron chi connectivity index (χ4n) is 2.17. The number of nitrogens with one attached hydrogen (secondary N) is 1. The minimum Gasteiger partial charge on any atom is -0.357 e. The summed E-state index contributed by atoms with van der Waals surface area (Å²) in [4.78, 5) is 13.7. The van der Waals surface area contributed by atoms with Crippen molar-refractivity contribution < 1.29 is 0 Å². The van der Waals surface area contributed by atoms with Crippen molar-refractivity contribution in [3.63, 3.8) is 0 Å². The number of thiazole rings is 1. The van der Waals surface area contributed by atoms with E-state index in [1.165, 1.54) is 15.3 Å². The topological polar surface area (TPSA) is 40.5 Å². The second kappa shape index (κ2) is 10.9. The summed E-state index contributed by atoms with van der Waals surface area (Å²) in [6, 6.07) is 8.68. The second-order valence-corrected chi connectivity index (χ2v) is 7.44. The lowest BCUT2D eigenvalue weighted by Crippen LogP contribution is -2.38. The Balaban J connectivity index is 0.00000288. The molecule has 4 nitrogen and oxygen atoms in total. The molecule has 0 aliphatic heterocycles. The molecule has 0 aliphatic rings. The summed E-state index contributed by atoms with van der Waals surface area (Å²) in [5.41, 5.74) is 1.28. The Morgan fingerprint density at radius 1 is 1.33 bits per heavy atom. The van der Waals surface area contributed by atoms with Crippen molar-refractivity contribution in [3.8, 4) is 0 Å². The maximum Gasteiger partial charge on any atom is 0.194 e. The van der Waals surface area contributed by atoms with Crippen LogP contribution in [-0.4, -0.2) is 35.7 Å². The van der Waals surface area contributed by atoms with Crippen molar-refractivity contribution in [3.05, 3.63) is 45.9 Å². The zero-order valence-corrected chi connectivity index (χ0v) is 18.5. The Hall–Kier alpha value is -0.800. The SMILES string of the molecule is CCNC(=NCc1ncc(C)s1)N(C)Cc1ccc(SC)cc1.I. The lowest BCUT2D eigenvalue weighted by atomic mass is 10.2. The minimum absolute atomic E-state index is 0. The van der Waals surface area contributed by atoms with Gasteiger partial charge in [-0.25, -0.2) is 9.98 Å². The standard InChI is InChI=1S/C17H24N4S2.HI/c1-5-18-17(20-11-16-19-10-13(2)23-16)21(3)12-14-6-8-15(22-4)9-7-14;/h6-10H,5,11-12H2,1-4H3,(H,18,20);1H. The second-order valence-electron chi connectivity index (χ2n) is 5.24. The number of thioether (sulfide) groups is 1. The molecule has 0 spiro atoms. The monoisotopic (exact) mass is 476 g/mol. The molecular weight excluding hydrogens is 451 g/mol. The average Bonchev–Trinajstić information content (AvgIpc) is 2.97. The Kier molecular flexibility index (Phi) is 9.68. The number of hydrogen-bond acceptors (Lipinski definition) is 4. The lowest BCUT2D eigenvalue weighted by Gasteiger charge is -2.22. The molecule has 0 unspecified atom stereocenters. The maximum absolute atomic E-state index is 4.70. The average molecular weight is 476 g/mol. The first-order valence-electron chi connectivity index (χ1n) is 7.66. The van der Waals surface area contributed by atoms with Crippen LogP contribution in [0.15, 0.2) is 40.4 Å². The van der Waals surface area contributed by atoms with E-state index in [0.29, 0.717) is 6.54 Å². The predicted octanol–water partition coefficient (Wildman–Crippen LogP) is 4.39. The smallest absolute Gasteiger partial charge is 0.194 e. The van der Waals surface area contributed by atoms with E-state index in [0.717, 1.165) is 24.1 Å². The van der Waals surface area contributed by atoms with E-state index in [1.54, 1.807) is 23.1 Å². The molecule has 7 heteroatoms. The molecule has 1 aromatic heterocycles. The quantitative estimate of drug-likeness (QED) is 0.291. The number of benzene rings is 1. The lowest BCUT2D eigenvalue weighted by molar-refractivity contribution is 0.476. The molecule has 24 heavy (non-hydrogen) atoms. The van der Waals surface area contributed by atoms with Gasteiger partial charge in [0, 0.05) is 36.1 Å². The number of hydrogen-bond donors (Lipinski definition) is 1. The van der Waals surface area contributed by atoms with Gasteiger partial charge in [0.05, 0.1) is 6.54 Å². The summed E-state index contributed by atoms with van der Waals surface area (Å²) < 4.78 is 0.